The normalized spacial score (nSPS) is 13.5. The van der Waals surface area contributed by atoms with Crippen molar-refractivity contribution in [3.63, 3.8) is 0 Å². The first-order chi connectivity index (χ1) is 41.8. The van der Waals surface area contributed by atoms with Crippen LogP contribution in [0.4, 0.5) is 0 Å². The van der Waals surface area contributed by atoms with E-state index in [2.05, 4.69) is 111 Å². The van der Waals surface area contributed by atoms with Crippen LogP contribution in [0.5, 0.6) is 0 Å². The topological polar surface area (TPSA) is 134 Å². The average Bonchev–Trinajstić information content (AvgIpc) is 3.53. The summed E-state index contributed by atoms with van der Waals surface area (Å²) >= 11 is 0. The Morgan fingerprint density at radius 2 is 0.647 bits per heavy atom. The molecule has 492 valence electrons. The lowest BCUT2D eigenvalue weighted by Gasteiger charge is -2.19. The number of phosphoric acid groups is 1. The summed E-state index contributed by atoms with van der Waals surface area (Å²) in [5.41, 5.74) is 5.40. The fourth-order valence-corrected chi connectivity index (χ4v) is 11.0. The van der Waals surface area contributed by atoms with E-state index in [0.29, 0.717) is 6.42 Å². The SMILES string of the molecule is CC/C=C\C/C=C\C/C=C\C/C=C\C/C=C\C/C=C\CCCCCCCCCCC(=O)OC(COC(=O)CCCCCCCCCCCCCCCCCCCCCCCCCCC/C=C\C/C=C\CCCCCCC)COP(=O)(O)OCCN. The molecule has 0 rings (SSSR count). The molecular weight excluding hydrogens is 1070 g/mol. The van der Waals surface area contributed by atoms with Crippen LogP contribution in [-0.4, -0.2) is 49.3 Å². The second-order valence-corrected chi connectivity index (χ2v) is 25.2. The van der Waals surface area contributed by atoms with Crippen molar-refractivity contribution < 1.29 is 37.6 Å². The number of phosphoric ester groups is 1. The van der Waals surface area contributed by atoms with Crippen molar-refractivity contribution in [2.75, 3.05) is 26.4 Å². The monoisotopic (exact) mass is 1210 g/mol. The smallest absolute Gasteiger partial charge is 0.462 e. The Bertz CT molecular complexity index is 1720. The van der Waals surface area contributed by atoms with Gasteiger partial charge in [0.1, 0.15) is 6.61 Å². The quantitative estimate of drug-likeness (QED) is 0.0264. The summed E-state index contributed by atoms with van der Waals surface area (Å²) in [6.07, 6.45) is 95.1. The summed E-state index contributed by atoms with van der Waals surface area (Å²) in [5.74, 6) is -0.828. The Hall–Kier alpha value is -3.07. The van der Waals surface area contributed by atoms with Gasteiger partial charge in [0, 0.05) is 19.4 Å². The lowest BCUT2D eigenvalue weighted by molar-refractivity contribution is -0.161. The minimum atomic E-state index is -4.40. The number of unbranched alkanes of at least 4 members (excludes halogenated alkanes) is 38. The van der Waals surface area contributed by atoms with Crippen LogP contribution >= 0.6 is 7.82 Å². The molecule has 0 bridgehead atoms. The van der Waals surface area contributed by atoms with Gasteiger partial charge in [-0.15, -0.1) is 0 Å². The van der Waals surface area contributed by atoms with E-state index in [9.17, 15) is 19.0 Å². The molecule has 0 amide bonds. The molecule has 0 heterocycles. The van der Waals surface area contributed by atoms with E-state index in [1.165, 1.54) is 212 Å². The molecule has 0 radical (unpaired) electrons. The summed E-state index contributed by atoms with van der Waals surface area (Å²) in [5, 5.41) is 0. The Balaban J connectivity index is 3.84. The Kier molecular flexibility index (Phi) is 67.5. The number of hydrogen-bond donors (Lipinski definition) is 2. The van der Waals surface area contributed by atoms with Gasteiger partial charge in [-0.2, -0.15) is 0 Å². The van der Waals surface area contributed by atoms with Gasteiger partial charge in [0.25, 0.3) is 0 Å². The minimum Gasteiger partial charge on any atom is -0.462 e. The number of rotatable bonds is 67. The predicted octanol–water partition coefficient (Wildman–Crippen LogP) is 23.5. The van der Waals surface area contributed by atoms with Crippen molar-refractivity contribution >= 4 is 19.8 Å². The Labute approximate surface area is 525 Å². The number of ether oxygens (including phenoxy) is 2. The van der Waals surface area contributed by atoms with E-state index >= 15 is 0 Å². The molecule has 0 aliphatic rings. The fraction of sp³-hybridized carbons (Fsp3) is 0.760. The molecule has 0 aromatic heterocycles. The van der Waals surface area contributed by atoms with Crippen molar-refractivity contribution in [3.05, 3.63) is 97.2 Å². The minimum absolute atomic E-state index is 0.0491. The molecule has 0 aliphatic carbocycles. The van der Waals surface area contributed by atoms with E-state index in [-0.39, 0.29) is 38.6 Å². The molecule has 0 aliphatic heterocycles. The highest BCUT2D eigenvalue weighted by molar-refractivity contribution is 7.47. The van der Waals surface area contributed by atoms with E-state index in [1.54, 1.807) is 0 Å². The third kappa shape index (κ3) is 69.9. The van der Waals surface area contributed by atoms with Crippen LogP contribution in [0.3, 0.4) is 0 Å². The van der Waals surface area contributed by atoms with E-state index in [0.717, 1.165) is 89.9 Å². The van der Waals surface area contributed by atoms with Gasteiger partial charge in [0.05, 0.1) is 13.2 Å². The zero-order chi connectivity index (χ0) is 61.6. The zero-order valence-corrected chi connectivity index (χ0v) is 56.2. The second kappa shape index (κ2) is 70.0. The van der Waals surface area contributed by atoms with Crippen LogP contribution in [0.2, 0.25) is 0 Å². The molecule has 0 spiro atoms. The summed E-state index contributed by atoms with van der Waals surface area (Å²) < 4.78 is 33.2. The number of nitrogens with two attached hydrogens (primary N) is 1. The molecule has 3 N–H and O–H groups in total. The molecule has 10 heteroatoms. The highest BCUT2D eigenvalue weighted by atomic mass is 31.2. The first-order valence-corrected chi connectivity index (χ1v) is 37.2. The number of hydrogen-bond acceptors (Lipinski definition) is 8. The molecule has 0 fully saturated rings. The van der Waals surface area contributed by atoms with Crippen molar-refractivity contribution in [2.24, 2.45) is 5.73 Å². The summed E-state index contributed by atoms with van der Waals surface area (Å²) in [6, 6.07) is 0. The van der Waals surface area contributed by atoms with E-state index < -0.39 is 26.5 Å². The number of allylic oxidation sites excluding steroid dienone is 16. The number of carbonyl (C=O) groups excluding carboxylic acids is 2. The molecule has 0 aromatic carbocycles. The van der Waals surface area contributed by atoms with Gasteiger partial charge >= 0.3 is 19.8 Å². The molecule has 2 atom stereocenters. The molecular formula is C75H134NO8P. The van der Waals surface area contributed by atoms with Crippen LogP contribution in [0.15, 0.2) is 97.2 Å². The summed E-state index contributed by atoms with van der Waals surface area (Å²) in [4.78, 5) is 35.4. The first-order valence-electron chi connectivity index (χ1n) is 35.7. The van der Waals surface area contributed by atoms with E-state index in [4.69, 9.17) is 24.3 Å². The summed E-state index contributed by atoms with van der Waals surface area (Å²) in [7, 11) is -4.40. The Morgan fingerprint density at radius 1 is 0.365 bits per heavy atom. The van der Waals surface area contributed by atoms with Crippen LogP contribution < -0.4 is 5.73 Å². The van der Waals surface area contributed by atoms with Crippen molar-refractivity contribution in [1.29, 1.82) is 0 Å². The van der Waals surface area contributed by atoms with Crippen molar-refractivity contribution in [3.8, 4) is 0 Å². The molecule has 0 aromatic rings. The predicted molar refractivity (Wildman–Crippen MR) is 367 cm³/mol. The zero-order valence-electron chi connectivity index (χ0n) is 55.3. The van der Waals surface area contributed by atoms with Crippen LogP contribution in [0, 0.1) is 0 Å². The molecule has 85 heavy (non-hydrogen) atoms. The Morgan fingerprint density at radius 3 is 0.965 bits per heavy atom. The number of carbonyl (C=O) groups is 2. The van der Waals surface area contributed by atoms with Crippen molar-refractivity contribution in [1.82, 2.24) is 0 Å². The average molecular weight is 1210 g/mol. The maximum absolute atomic E-state index is 12.8. The maximum atomic E-state index is 12.8. The van der Waals surface area contributed by atoms with Gasteiger partial charge in [-0.05, 0) is 96.3 Å². The van der Waals surface area contributed by atoms with Crippen molar-refractivity contribution in [2.45, 2.75) is 341 Å². The third-order valence-corrected chi connectivity index (χ3v) is 16.4. The molecule has 9 nitrogen and oxygen atoms in total. The standard InChI is InChI=1S/C75H134NO8P/c1-3-5-7-9-11-13-15-17-19-21-23-25-27-29-31-32-33-34-35-36-37-38-39-40-42-43-45-47-49-51-53-55-57-59-61-63-65-67-74(77)81-71-73(72-83-85(79,80)82-70-69-76)84-75(78)68-66-64-62-60-58-56-54-52-50-48-46-44-41-30-28-26-24-22-20-18-16-14-12-10-8-6-4-2/h6,8,12,14-15,17-18,20-21,23-24,26,30,41,46,48,73H,3-5,7,9-11,13,16,19,22,25,27-29,31-40,42-45,47,49-72,76H2,1-2H3,(H,79,80)/b8-6-,14-12-,17-15-,20-18-,23-21-,26-24-,41-30-,48-46-. The second-order valence-electron chi connectivity index (χ2n) is 23.7. The lowest BCUT2D eigenvalue weighted by Crippen LogP contribution is -2.29. The van der Waals surface area contributed by atoms with Gasteiger partial charge in [-0.3, -0.25) is 18.6 Å². The number of esters is 2. The lowest BCUT2D eigenvalue weighted by atomic mass is 10.0. The van der Waals surface area contributed by atoms with Gasteiger partial charge in [0.2, 0.25) is 0 Å². The van der Waals surface area contributed by atoms with E-state index in [1.807, 2.05) is 0 Å². The molecule has 2 unspecified atom stereocenters. The largest absolute Gasteiger partial charge is 0.472 e. The maximum Gasteiger partial charge on any atom is 0.472 e. The van der Waals surface area contributed by atoms with Crippen LogP contribution in [-0.2, 0) is 32.7 Å². The van der Waals surface area contributed by atoms with Crippen LogP contribution in [0.25, 0.3) is 0 Å². The van der Waals surface area contributed by atoms with Gasteiger partial charge in [-0.25, -0.2) is 4.57 Å². The highest BCUT2D eigenvalue weighted by Crippen LogP contribution is 2.43. The van der Waals surface area contributed by atoms with Gasteiger partial charge in [0.15, 0.2) is 6.10 Å². The molecule has 0 saturated heterocycles. The van der Waals surface area contributed by atoms with Crippen LogP contribution in [0.1, 0.15) is 335 Å². The molecule has 0 saturated carbocycles. The van der Waals surface area contributed by atoms with Gasteiger partial charge in [-0.1, -0.05) is 323 Å². The fourth-order valence-electron chi connectivity index (χ4n) is 10.2. The first kappa shape index (κ1) is 81.9. The summed E-state index contributed by atoms with van der Waals surface area (Å²) in [6.45, 7) is 3.64. The third-order valence-electron chi connectivity index (χ3n) is 15.5. The van der Waals surface area contributed by atoms with Gasteiger partial charge < -0.3 is 20.1 Å². The highest BCUT2D eigenvalue weighted by Gasteiger charge is 2.26.